The summed E-state index contributed by atoms with van der Waals surface area (Å²) in [5, 5.41) is 2.73. The number of carbonyl (C=O) groups is 1. The Kier molecular flexibility index (Phi) is 8.80. The maximum absolute atomic E-state index is 13.0. The molecule has 1 amide bonds. The smallest absolute Gasteiger partial charge is 0.248 e. The van der Waals surface area contributed by atoms with Gasteiger partial charge in [-0.2, -0.15) is 0 Å². The first-order chi connectivity index (χ1) is 16.6. The monoisotopic (exact) mass is 473 g/mol. The average molecular weight is 474 g/mol. The van der Waals surface area contributed by atoms with E-state index in [9.17, 15) is 9.18 Å². The van der Waals surface area contributed by atoms with Crippen LogP contribution in [0, 0.1) is 17.2 Å². The summed E-state index contributed by atoms with van der Waals surface area (Å²) in [6.45, 7) is 11.8. The van der Waals surface area contributed by atoms with Crippen LogP contribution in [0.4, 0.5) is 10.1 Å². The van der Waals surface area contributed by atoms with E-state index < -0.39 is 0 Å². The first-order valence-corrected chi connectivity index (χ1v) is 12.1. The number of amides is 1. The fraction of sp³-hybridized carbons (Fsp3) is 0.333. The lowest BCUT2D eigenvalue weighted by molar-refractivity contribution is -0.111. The van der Waals surface area contributed by atoms with Gasteiger partial charge >= 0.3 is 0 Å². The third kappa shape index (κ3) is 7.78. The minimum atomic E-state index is -0.332. The van der Waals surface area contributed by atoms with E-state index in [1.165, 1.54) is 47.9 Å². The van der Waals surface area contributed by atoms with Gasteiger partial charge in [0.15, 0.2) is 0 Å². The van der Waals surface area contributed by atoms with E-state index in [-0.39, 0.29) is 17.1 Å². The summed E-state index contributed by atoms with van der Waals surface area (Å²) >= 11 is 0. The zero-order chi connectivity index (χ0) is 25.4. The normalized spacial score (nSPS) is 19.1. The van der Waals surface area contributed by atoms with E-state index in [0.717, 1.165) is 24.1 Å². The molecule has 1 atom stereocenters. The first kappa shape index (κ1) is 26.1. The zero-order valence-corrected chi connectivity index (χ0v) is 21.4. The highest BCUT2D eigenvalue weighted by molar-refractivity contribution is 5.99. The molecule has 0 saturated heterocycles. The summed E-state index contributed by atoms with van der Waals surface area (Å²) in [6, 6.07) is 5.71. The molecule has 1 aliphatic carbocycles. The molecule has 0 radical (unpaired) electrons. The quantitative estimate of drug-likeness (QED) is 0.320. The number of carbonyl (C=O) groups excluding carboxylic acids is 1. The molecule has 5 heteroatoms. The lowest BCUT2D eigenvalue weighted by atomic mass is 9.68. The molecule has 2 aromatic rings. The Labute approximate surface area is 208 Å². The summed E-state index contributed by atoms with van der Waals surface area (Å²) in [5.74, 6) is -0.0527. The van der Waals surface area contributed by atoms with Gasteiger partial charge < -0.3 is 9.88 Å². The Hall–Kier alpha value is -3.47. The topological polar surface area (TPSA) is 46.9 Å². The van der Waals surface area contributed by atoms with Crippen molar-refractivity contribution in [3.8, 4) is 0 Å². The van der Waals surface area contributed by atoms with Crippen LogP contribution in [0.3, 0.4) is 0 Å². The highest BCUT2D eigenvalue weighted by Gasteiger charge is 2.31. The number of benzene rings is 1. The SMILES string of the molecule is CC1=C(/C=C/C(C)=C/C=C/C(C)=C/C(=O)Nc2ccc(F)cc2)C(C)(C)CCC1Cn1ccnc1. The molecule has 0 aliphatic heterocycles. The fourth-order valence-corrected chi connectivity index (χ4v) is 4.46. The van der Waals surface area contributed by atoms with Crippen LogP contribution in [0.15, 0.2) is 102 Å². The number of nitrogens with zero attached hydrogens (tertiary/aromatic N) is 2. The van der Waals surface area contributed by atoms with Crippen LogP contribution in [-0.2, 0) is 11.3 Å². The van der Waals surface area contributed by atoms with E-state index in [4.69, 9.17) is 0 Å². The van der Waals surface area contributed by atoms with Gasteiger partial charge in [0, 0.05) is 30.7 Å². The van der Waals surface area contributed by atoms with Crippen molar-refractivity contribution in [1.82, 2.24) is 9.55 Å². The Morgan fingerprint density at radius 2 is 1.94 bits per heavy atom. The lowest BCUT2D eigenvalue weighted by Crippen LogP contribution is -2.26. The van der Waals surface area contributed by atoms with Gasteiger partial charge in [-0.3, -0.25) is 4.79 Å². The zero-order valence-electron chi connectivity index (χ0n) is 21.4. The summed E-state index contributed by atoms with van der Waals surface area (Å²) in [4.78, 5) is 16.3. The molecule has 1 aliphatic rings. The first-order valence-electron chi connectivity index (χ1n) is 12.1. The van der Waals surface area contributed by atoms with Crippen LogP contribution in [0.1, 0.15) is 47.5 Å². The number of anilines is 1. The molecule has 4 nitrogen and oxygen atoms in total. The van der Waals surface area contributed by atoms with E-state index in [0.29, 0.717) is 11.6 Å². The van der Waals surface area contributed by atoms with Crippen molar-refractivity contribution in [3.05, 3.63) is 108 Å². The number of rotatable bonds is 8. The van der Waals surface area contributed by atoms with Gasteiger partial charge in [0.2, 0.25) is 5.91 Å². The molecule has 1 aromatic carbocycles. The number of allylic oxidation sites excluding steroid dienone is 9. The lowest BCUT2D eigenvalue weighted by Gasteiger charge is -2.37. The summed E-state index contributed by atoms with van der Waals surface area (Å²) in [5.41, 5.74) is 5.55. The van der Waals surface area contributed by atoms with Crippen molar-refractivity contribution in [3.63, 3.8) is 0 Å². The average Bonchev–Trinajstić information content (AvgIpc) is 3.30. The molecule has 1 unspecified atom stereocenters. The van der Waals surface area contributed by atoms with Crippen LogP contribution in [0.25, 0.3) is 0 Å². The van der Waals surface area contributed by atoms with Crippen molar-refractivity contribution < 1.29 is 9.18 Å². The van der Waals surface area contributed by atoms with Gasteiger partial charge in [0.05, 0.1) is 6.33 Å². The predicted molar refractivity (Wildman–Crippen MR) is 142 cm³/mol. The molecule has 0 bridgehead atoms. The molecule has 1 N–H and O–H groups in total. The maximum atomic E-state index is 13.0. The van der Waals surface area contributed by atoms with E-state index in [2.05, 4.69) is 54.7 Å². The largest absolute Gasteiger partial charge is 0.337 e. The van der Waals surface area contributed by atoms with Crippen LogP contribution in [0.2, 0.25) is 0 Å². The molecule has 184 valence electrons. The standard InChI is InChI=1S/C30H36FN3O/c1-22(7-6-8-23(2)19-29(35)33-27-12-10-26(31)11-13-27)9-14-28-24(3)25(15-16-30(28,4)5)20-34-18-17-32-21-34/h6-14,17-19,21,25H,15-16,20H2,1-5H3,(H,33,35)/b8-6+,14-9+,22-7+,23-19+. The highest BCUT2D eigenvalue weighted by atomic mass is 19.1. The molecular formula is C30H36FN3O. The summed E-state index contributed by atoms with van der Waals surface area (Å²) in [7, 11) is 0. The second-order valence-electron chi connectivity index (χ2n) is 9.96. The van der Waals surface area contributed by atoms with Gasteiger partial charge in [-0.25, -0.2) is 9.37 Å². The third-order valence-corrected chi connectivity index (χ3v) is 6.58. The number of imidazole rings is 1. The van der Waals surface area contributed by atoms with Crippen LogP contribution < -0.4 is 5.32 Å². The number of hydrogen-bond donors (Lipinski definition) is 1. The molecule has 1 aromatic heterocycles. The van der Waals surface area contributed by atoms with Crippen LogP contribution in [0.5, 0.6) is 0 Å². The van der Waals surface area contributed by atoms with Crippen molar-refractivity contribution >= 4 is 11.6 Å². The molecular weight excluding hydrogens is 437 g/mol. The Morgan fingerprint density at radius 1 is 1.20 bits per heavy atom. The second kappa shape index (κ2) is 11.8. The molecule has 35 heavy (non-hydrogen) atoms. The summed E-state index contributed by atoms with van der Waals surface area (Å²) in [6.07, 6.45) is 20.0. The highest BCUT2D eigenvalue weighted by Crippen LogP contribution is 2.44. The molecule has 0 fully saturated rings. The molecule has 0 saturated carbocycles. The van der Waals surface area contributed by atoms with Crippen molar-refractivity contribution in [2.45, 2.75) is 54.0 Å². The van der Waals surface area contributed by atoms with E-state index >= 15 is 0 Å². The Balaban J connectivity index is 1.63. The minimum Gasteiger partial charge on any atom is -0.337 e. The van der Waals surface area contributed by atoms with E-state index in [1.807, 2.05) is 43.9 Å². The van der Waals surface area contributed by atoms with Crippen LogP contribution >= 0.6 is 0 Å². The number of hydrogen-bond acceptors (Lipinski definition) is 2. The maximum Gasteiger partial charge on any atom is 0.248 e. The summed E-state index contributed by atoms with van der Waals surface area (Å²) < 4.78 is 15.2. The second-order valence-corrected chi connectivity index (χ2v) is 9.96. The van der Waals surface area contributed by atoms with Crippen molar-refractivity contribution in [2.75, 3.05) is 5.32 Å². The van der Waals surface area contributed by atoms with E-state index in [1.54, 1.807) is 0 Å². The molecule has 3 rings (SSSR count). The van der Waals surface area contributed by atoms with Gasteiger partial charge in [0.1, 0.15) is 5.82 Å². The van der Waals surface area contributed by atoms with Crippen molar-refractivity contribution in [2.24, 2.45) is 11.3 Å². The van der Waals surface area contributed by atoms with Crippen molar-refractivity contribution in [1.29, 1.82) is 0 Å². The minimum absolute atomic E-state index is 0.152. The predicted octanol–water partition coefficient (Wildman–Crippen LogP) is 7.42. The van der Waals surface area contributed by atoms with Crippen LogP contribution in [-0.4, -0.2) is 15.5 Å². The fourth-order valence-electron chi connectivity index (χ4n) is 4.46. The van der Waals surface area contributed by atoms with Gasteiger partial charge in [-0.05, 0) is 80.4 Å². The number of nitrogens with one attached hydrogen (secondary N) is 1. The third-order valence-electron chi connectivity index (χ3n) is 6.58. The molecule has 1 heterocycles. The Morgan fingerprint density at radius 3 is 2.63 bits per heavy atom. The van der Waals surface area contributed by atoms with Gasteiger partial charge in [-0.15, -0.1) is 0 Å². The van der Waals surface area contributed by atoms with Gasteiger partial charge in [0.25, 0.3) is 0 Å². The molecule has 0 spiro atoms. The van der Waals surface area contributed by atoms with Gasteiger partial charge in [-0.1, -0.05) is 55.4 Å². The number of aromatic nitrogens is 2. The Bertz CT molecular complexity index is 1160. The number of halogens is 1.